The van der Waals surface area contributed by atoms with Crippen molar-refractivity contribution >= 4 is 23.2 Å². The van der Waals surface area contributed by atoms with Gasteiger partial charge in [0.05, 0.1) is 18.0 Å². The number of halogens is 1. The highest BCUT2D eigenvalue weighted by molar-refractivity contribution is 6.30. The zero-order valence-corrected chi connectivity index (χ0v) is 17.1. The van der Waals surface area contributed by atoms with E-state index in [1.54, 1.807) is 22.9 Å². The molecule has 5 nitrogen and oxygen atoms in total. The minimum atomic E-state index is -0.254. The van der Waals surface area contributed by atoms with Crippen LogP contribution in [0, 0.1) is 0 Å². The number of carbonyl (C=O) groups excluding carboxylic acids is 1. The highest BCUT2D eigenvalue weighted by Gasteiger charge is 2.18. The van der Waals surface area contributed by atoms with Crippen molar-refractivity contribution < 1.29 is 9.53 Å². The number of amides is 1. The van der Waals surface area contributed by atoms with E-state index >= 15 is 0 Å². The van der Waals surface area contributed by atoms with Gasteiger partial charge in [-0.05, 0) is 61.5 Å². The Morgan fingerprint density at radius 1 is 1.00 bits per heavy atom. The van der Waals surface area contributed by atoms with Crippen LogP contribution < -0.4 is 10.1 Å². The number of hydrogen-bond acceptors (Lipinski definition) is 3. The van der Waals surface area contributed by atoms with E-state index in [1.807, 2.05) is 73.7 Å². The molecule has 30 heavy (non-hydrogen) atoms. The second-order valence-corrected chi connectivity index (χ2v) is 7.02. The molecular formula is C24H20ClN3O2. The molecule has 4 rings (SSSR count). The topological polar surface area (TPSA) is 56.1 Å². The fraction of sp³-hybridized carbons (Fsp3) is 0.0833. The maximum absolute atomic E-state index is 13.1. The highest BCUT2D eigenvalue weighted by Crippen LogP contribution is 2.24. The Morgan fingerprint density at radius 3 is 2.37 bits per heavy atom. The molecule has 1 heterocycles. The molecule has 6 heteroatoms. The van der Waals surface area contributed by atoms with E-state index in [0.29, 0.717) is 28.7 Å². The molecule has 150 valence electrons. The molecule has 0 saturated heterocycles. The van der Waals surface area contributed by atoms with Crippen molar-refractivity contribution in [2.45, 2.75) is 6.92 Å². The van der Waals surface area contributed by atoms with Crippen molar-refractivity contribution in [3.8, 4) is 22.7 Å². The summed E-state index contributed by atoms with van der Waals surface area (Å²) in [7, 11) is 0. The summed E-state index contributed by atoms with van der Waals surface area (Å²) < 4.78 is 7.10. The third-order valence-corrected chi connectivity index (χ3v) is 4.76. The van der Waals surface area contributed by atoms with Crippen LogP contribution >= 0.6 is 11.6 Å². The summed E-state index contributed by atoms with van der Waals surface area (Å²) in [6.07, 6.45) is 0. The van der Waals surface area contributed by atoms with E-state index < -0.39 is 0 Å². The Hall–Kier alpha value is -3.57. The minimum Gasteiger partial charge on any atom is -0.494 e. The van der Waals surface area contributed by atoms with Crippen molar-refractivity contribution in [3.05, 3.63) is 95.6 Å². The number of benzene rings is 3. The van der Waals surface area contributed by atoms with Crippen LogP contribution in [0.2, 0.25) is 5.02 Å². The van der Waals surface area contributed by atoms with Crippen LogP contribution in [0.3, 0.4) is 0 Å². The second kappa shape index (κ2) is 8.84. The van der Waals surface area contributed by atoms with Gasteiger partial charge in [0.1, 0.15) is 11.4 Å². The first kappa shape index (κ1) is 19.7. The summed E-state index contributed by atoms with van der Waals surface area (Å²) in [6.45, 7) is 2.52. The van der Waals surface area contributed by atoms with Gasteiger partial charge in [0.25, 0.3) is 5.91 Å². The lowest BCUT2D eigenvalue weighted by Crippen LogP contribution is -2.16. The molecule has 4 aromatic rings. The molecule has 0 aliphatic heterocycles. The first-order valence-electron chi connectivity index (χ1n) is 9.59. The van der Waals surface area contributed by atoms with Crippen LogP contribution in [-0.4, -0.2) is 22.3 Å². The molecule has 0 aliphatic carbocycles. The smallest absolute Gasteiger partial charge is 0.274 e. The lowest BCUT2D eigenvalue weighted by atomic mass is 10.1. The summed E-state index contributed by atoms with van der Waals surface area (Å²) in [5, 5.41) is 8.26. The van der Waals surface area contributed by atoms with Crippen LogP contribution in [0.1, 0.15) is 17.4 Å². The van der Waals surface area contributed by atoms with Crippen molar-refractivity contribution in [1.29, 1.82) is 0 Å². The van der Waals surface area contributed by atoms with Crippen molar-refractivity contribution in [2.24, 2.45) is 0 Å². The first-order valence-corrected chi connectivity index (χ1v) is 9.97. The summed E-state index contributed by atoms with van der Waals surface area (Å²) in [5.41, 5.74) is 3.48. The lowest BCUT2D eigenvalue weighted by molar-refractivity contribution is 0.101. The zero-order valence-electron chi connectivity index (χ0n) is 16.4. The molecule has 0 radical (unpaired) electrons. The molecule has 0 atom stereocenters. The predicted molar refractivity (Wildman–Crippen MR) is 120 cm³/mol. The molecule has 0 aliphatic rings. The summed E-state index contributed by atoms with van der Waals surface area (Å²) in [5.74, 6) is 0.505. The number of para-hydroxylation sites is 1. The average molecular weight is 418 g/mol. The number of carbonyl (C=O) groups is 1. The number of anilines is 1. The largest absolute Gasteiger partial charge is 0.494 e. The number of aromatic nitrogens is 2. The Labute approximate surface area is 179 Å². The van der Waals surface area contributed by atoms with E-state index in [2.05, 4.69) is 10.4 Å². The van der Waals surface area contributed by atoms with E-state index in [0.717, 1.165) is 17.0 Å². The second-order valence-electron chi connectivity index (χ2n) is 6.58. The molecular weight excluding hydrogens is 398 g/mol. The van der Waals surface area contributed by atoms with E-state index in [4.69, 9.17) is 16.3 Å². The maximum Gasteiger partial charge on any atom is 0.274 e. The summed E-state index contributed by atoms with van der Waals surface area (Å²) >= 11 is 6.00. The predicted octanol–water partition coefficient (Wildman–Crippen LogP) is 5.84. The molecule has 1 N–H and O–H groups in total. The van der Waals surface area contributed by atoms with Crippen LogP contribution in [0.25, 0.3) is 16.9 Å². The fourth-order valence-electron chi connectivity index (χ4n) is 3.07. The Morgan fingerprint density at radius 2 is 1.70 bits per heavy atom. The van der Waals surface area contributed by atoms with Gasteiger partial charge in [0.15, 0.2) is 0 Å². The number of rotatable bonds is 6. The number of ether oxygens (including phenoxy) is 1. The molecule has 0 spiro atoms. The molecule has 0 bridgehead atoms. The van der Waals surface area contributed by atoms with Gasteiger partial charge < -0.3 is 10.1 Å². The molecule has 1 aromatic heterocycles. The van der Waals surface area contributed by atoms with Gasteiger partial charge in [0.2, 0.25) is 0 Å². The van der Waals surface area contributed by atoms with Gasteiger partial charge in [-0.25, -0.2) is 4.68 Å². The normalized spacial score (nSPS) is 10.6. The van der Waals surface area contributed by atoms with Crippen LogP contribution in [0.4, 0.5) is 5.69 Å². The first-order chi connectivity index (χ1) is 14.6. The Kier molecular flexibility index (Phi) is 5.82. The molecule has 0 fully saturated rings. The standard InChI is InChI=1S/C24H20ClN3O2/c1-2-30-21-14-12-19(13-15-21)26-24(29)23-16-22(17-8-10-18(25)11-9-17)27-28(23)20-6-4-3-5-7-20/h3-16H,2H2,1H3,(H,26,29). The molecule has 1 amide bonds. The van der Waals surface area contributed by atoms with E-state index in [1.165, 1.54) is 0 Å². The third kappa shape index (κ3) is 4.36. The Bertz CT molecular complexity index is 1140. The van der Waals surface area contributed by atoms with Crippen molar-refractivity contribution in [2.75, 3.05) is 11.9 Å². The fourth-order valence-corrected chi connectivity index (χ4v) is 3.19. The Balaban J connectivity index is 1.68. The summed E-state index contributed by atoms with van der Waals surface area (Å²) in [4.78, 5) is 13.1. The van der Waals surface area contributed by atoms with Gasteiger partial charge >= 0.3 is 0 Å². The van der Waals surface area contributed by atoms with Crippen molar-refractivity contribution in [3.63, 3.8) is 0 Å². The van der Waals surface area contributed by atoms with Gasteiger partial charge in [-0.1, -0.05) is 41.9 Å². The van der Waals surface area contributed by atoms with Gasteiger partial charge in [-0.2, -0.15) is 5.10 Å². The lowest BCUT2D eigenvalue weighted by Gasteiger charge is -2.09. The quantitative estimate of drug-likeness (QED) is 0.428. The minimum absolute atomic E-state index is 0.254. The van der Waals surface area contributed by atoms with Crippen LogP contribution in [-0.2, 0) is 0 Å². The molecule has 3 aromatic carbocycles. The van der Waals surface area contributed by atoms with E-state index in [-0.39, 0.29) is 5.91 Å². The molecule has 0 saturated carbocycles. The van der Waals surface area contributed by atoms with Gasteiger partial charge in [-0.3, -0.25) is 4.79 Å². The van der Waals surface area contributed by atoms with E-state index in [9.17, 15) is 4.79 Å². The highest BCUT2D eigenvalue weighted by atomic mass is 35.5. The number of nitrogens with one attached hydrogen (secondary N) is 1. The summed E-state index contributed by atoms with van der Waals surface area (Å²) in [6, 6.07) is 26.0. The van der Waals surface area contributed by atoms with Gasteiger partial charge in [0, 0.05) is 16.3 Å². The van der Waals surface area contributed by atoms with Crippen molar-refractivity contribution in [1.82, 2.24) is 9.78 Å². The molecule has 0 unspecified atom stereocenters. The van der Waals surface area contributed by atoms with Gasteiger partial charge in [-0.15, -0.1) is 0 Å². The third-order valence-electron chi connectivity index (χ3n) is 4.51. The maximum atomic E-state index is 13.1. The average Bonchev–Trinajstić information content (AvgIpc) is 3.22. The monoisotopic (exact) mass is 417 g/mol. The van der Waals surface area contributed by atoms with Crippen LogP contribution in [0.15, 0.2) is 84.9 Å². The number of hydrogen-bond donors (Lipinski definition) is 1. The SMILES string of the molecule is CCOc1ccc(NC(=O)c2cc(-c3ccc(Cl)cc3)nn2-c2ccccc2)cc1. The van der Waals surface area contributed by atoms with Crippen LogP contribution in [0.5, 0.6) is 5.75 Å². The number of nitrogens with zero attached hydrogens (tertiary/aromatic N) is 2. The zero-order chi connectivity index (χ0) is 20.9.